The first-order chi connectivity index (χ1) is 14.5. The molecule has 2 aromatic carbocycles. The van der Waals surface area contributed by atoms with Crippen molar-refractivity contribution < 1.29 is 27.5 Å². The Bertz CT molecular complexity index is 1090. The highest BCUT2D eigenvalue weighted by Crippen LogP contribution is 2.34. The van der Waals surface area contributed by atoms with Gasteiger partial charge in [-0.05, 0) is 62.7 Å². The average Bonchev–Trinajstić information content (AvgIpc) is 2.68. The molecule has 0 bridgehead atoms. The van der Waals surface area contributed by atoms with E-state index in [1.54, 1.807) is 32.0 Å². The van der Waals surface area contributed by atoms with Crippen LogP contribution in [0, 0.1) is 6.92 Å². The van der Waals surface area contributed by atoms with Gasteiger partial charge in [0, 0.05) is 10.7 Å². The van der Waals surface area contributed by atoms with Crippen LogP contribution in [0.4, 0.5) is 11.4 Å². The first kappa shape index (κ1) is 24.5. The lowest BCUT2D eigenvalue weighted by atomic mass is 10.1. The molecule has 0 aliphatic heterocycles. The van der Waals surface area contributed by atoms with Crippen LogP contribution in [0.3, 0.4) is 0 Å². The summed E-state index contributed by atoms with van der Waals surface area (Å²) >= 11 is 6.05. The van der Waals surface area contributed by atoms with Gasteiger partial charge in [0.1, 0.15) is 11.8 Å². The van der Waals surface area contributed by atoms with Crippen molar-refractivity contribution in [3.8, 4) is 5.75 Å². The lowest BCUT2D eigenvalue weighted by molar-refractivity contribution is -0.116. The van der Waals surface area contributed by atoms with Crippen molar-refractivity contribution >= 4 is 44.9 Å². The first-order valence-electron chi connectivity index (χ1n) is 9.41. The number of methoxy groups -OCH3 is 1. The zero-order valence-corrected chi connectivity index (χ0v) is 19.5. The van der Waals surface area contributed by atoms with E-state index in [1.807, 2.05) is 0 Å². The Morgan fingerprint density at radius 2 is 1.87 bits per heavy atom. The molecule has 0 aromatic heterocycles. The number of hydrogen-bond donors (Lipinski definition) is 1. The molecule has 0 saturated carbocycles. The summed E-state index contributed by atoms with van der Waals surface area (Å²) in [5.74, 6) is -0.781. The minimum absolute atomic E-state index is 0.148. The number of aryl methyl sites for hydroxylation is 1. The second-order valence-electron chi connectivity index (χ2n) is 6.79. The Hall–Kier alpha value is -2.78. The van der Waals surface area contributed by atoms with E-state index in [0.717, 1.165) is 10.6 Å². The number of carbonyl (C=O) groups is 2. The summed E-state index contributed by atoms with van der Waals surface area (Å²) in [6.45, 7) is 5.14. The highest BCUT2D eigenvalue weighted by molar-refractivity contribution is 7.92. The zero-order chi connectivity index (χ0) is 23.3. The summed E-state index contributed by atoms with van der Waals surface area (Å²) in [5.41, 5.74) is 1.56. The van der Waals surface area contributed by atoms with Gasteiger partial charge in [0.25, 0.3) is 0 Å². The topological polar surface area (TPSA) is 102 Å². The van der Waals surface area contributed by atoms with Crippen LogP contribution >= 0.6 is 11.6 Å². The molecule has 1 atom stereocenters. The van der Waals surface area contributed by atoms with Crippen LogP contribution in [-0.2, 0) is 19.6 Å². The molecule has 1 unspecified atom stereocenters. The smallest absolute Gasteiger partial charge is 0.338 e. The summed E-state index contributed by atoms with van der Waals surface area (Å²) in [6.07, 6.45) is 0.997. The molecule has 0 radical (unpaired) electrons. The number of halogens is 1. The van der Waals surface area contributed by atoms with Crippen LogP contribution in [0.25, 0.3) is 0 Å². The fourth-order valence-electron chi connectivity index (χ4n) is 3.00. The molecule has 2 rings (SSSR count). The number of carbonyl (C=O) groups excluding carboxylic acids is 2. The van der Waals surface area contributed by atoms with Gasteiger partial charge in [0.05, 0.1) is 31.2 Å². The molecule has 0 aliphatic rings. The van der Waals surface area contributed by atoms with Gasteiger partial charge >= 0.3 is 5.97 Å². The van der Waals surface area contributed by atoms with Gasteiger partial charge in [-0.25, -0.2) is 13.2 Å². The third kappa shape index (κ3) is 5.89. The number of benzene rings is 2. The molecule has 10 heteroatoms. The van der Waals surface area contributed by atoms with E-state index in [1.165, 1.54) is 32.2 Å². The van der Waals surface area contributed by atoms with Crippen LogP contribution in [0.5, 0.6) is 5.75 Å². The van der Waals surface area contributed by atoms with Gasteiger partial charge < -0.3 is 14.8 Å². The number of anilines is 2. The number of ether oxygens (including phenoxy) is 2. The quantitative estimate of drug-likeness (QED) is 0.593. The minimum atomic E-state index is -3.87. The van der Waals surface area contributed by atoms with Crippen molar-refractivity contribution in [2.24, 2.45) is 0 Å². The average molecular weight is 469 g/mol. The Balaban J connectivity index is 2.35. The van der Waals surface area contributed by atoms with Crippen LogP contribution in [-0.4, -0.2) is 46.3 Å². The van der Waals surface area contributed by atoms with Gasteiger partial charge in [-0.15, -0.1) is 0 Å². The molecule has 2 aromatic rings. The van der Waals surface area contributed by atoms with E-state index < -0.39 is 27.9 Å². The Labute approximate surface area is 187 Å². The maximum Gasteiger partial charge on any atom is 0.338 e. The molecular weight excluding hydrogens is 444 g/mol. The highest BCUT2D eigenvalue weighted by Gasteiger charge is 2.31. The number of nitrogens with zero attached hydrogens (tertiary/aromatic N) is 1. The number of nitrogens with one attached hydrogen (secondary N) is 1. The van der Waals surface area contributed by atoms with Gasteiger partial charge in [-0.1, -0.05) is 11.6 Å². The van der Waals surface area contributed by atoms with Crippen molar-refractivity contribution in [1.82, 2.24) is 0 Å². The molecule has 0 saturated heterocycles. The van der Waals surface area contributed by atoms with Gasteiger partial charge in [0.2, 0.25) is 15.9 Å². The summed E-state index contributed by atoms with van der Waals surface area (Å²) in [5, 5.41) is 3.01. The van der Waals surface area contributed by atoms with Gasteiger partial charge in [0.15, 0.2) is 0 Å². The van der Waals surface area contributed by atoms with Crippen LogP contribution < -0.4 is 14.4 Å². The molecule has 0 heterocycles. The monoisotopic (exact) mass is 468 g/mol. The maximum atomic E-state index is 12.9. The normalized spacial score (nSPS) is 12.1. The Kier molecular flexibility index (Phi) is 7.91. The van der Waals surface area contributed by atoms with Gasteiger partial charge in [-0.2, -0.15) is 0 Å². The minimum Gasteiger partial charge on any atom is -0.495 e. The predicted octanol–water partition coefficient (Wildman–Crippen LogP) is 3.63. The molecule has 0 fully saturated rings. The van der Waals surface area contributed by atoms with E-state index in [4.69, 9.17) is 21.1 Å². The van der Waals surface area contributed by atoms with Crippen molar-refractivity contribution in [2.45, 2.75) is 26.8 Å². The molecule has 31 heavy (non-hydrogen) atoms. The van der Waals surface area contributed by atoms with E-state index in [2.05, 4.69) is 5.32 Å². The Morgan fingerprint density at radius 3 is 2.42 bits per heavy atom. The third-order valence-corrected chi connectivity index (χ3v) is 5.92. The number of rotatable bonds is 8. The largest absolute Gasteiger partial charge is 0.495 e. The van der Waals surface area contributed by atoms with E-state index in [9.17, 15) is 18.0 Å². The summed E-state index contributed by atoms with van der Waals surface area (Å²) in [7, 11) is -2.47. The molecule has 168 valence electrons. The SMILES string of the molecule is CCOC(=O)c1ccc(NC(=O)C(C)N(c2cc(Cl)ccc2OC)S(C)(=O)=O)c(C)c1. The molecule has 1 N–H and O–H groups in total. The van der Waals surface area contributed by atoms with Crippen molar-refractivity contribution in [2.75, 3.05) is 29.6 Å². The number of sulfonamides is 1. The van der Waals surface area contributed by atoms with E-state index in [-0.39, 0.29) is 18.0 Å². The molecule has 8 nitrogen and oxygen atoms in total. The Morgan fingerprint density at radius 1 is 1.19 bits per heavy atom. The number of esters is 1. The van der Waals surface area contributed by atoms with Crippen molar-refractivity contribution in [1.29, 1.82) is 0 Å². The van der Waals surface area contributed by atoms with Crippen LogP contribution in [0.15, 0.2) is 36.4 Å². The van der Waals surface area contributed by atoms with Gasteiger partial charge in [-0.3, -0.25) is 9.10 Å². The van der Waals surface area contributed by atoms with Crippen LogP contribution in [0.2, 0.25) is 5.02 Å². The van der Waals surface area contributed by atoms with Crippen molar-refractivity contribution in [3.63, 3.8) is 0 Å². The van der Waals surface area contributed by atoms with E-state index in [0.29, 0.717) is 21.8 Å². The number of amides is 1. The lowest BCUT2D eigenvalue weighted by Gasteiger charge is -2.29. The summed E-state index contributed by atoms with van der Waals surface area (Å²) < 4.78 is 36.3. The predicted molar refractivity (Wildman–Crippen MR) is 121 cm³/mol. The fraction of sp³-hybridized carbons (Fsp3) is 0.333. The third-order valence-electron chi connectivity index (χ3n) is 4.46. The molecule has 0 spiro atoms. The molecular formula is C21H25ClN2O6S. The molecule has 1 amide bonds. The first-order valence-corrected chi connectivity index (χ1v) is 11.6. The second-order valence-corrected chi connectivity index (χ2v) is 9.09. The lowest BCUT2D eigenvalue weighted by Crippen LogP contribution is -2.45. The van der Waals surface area contributed by atoms with E-state index >= 15 is 0 Å². The second kappa shape index (κ2) is 10.0. The fourth-order valence-corrected chi connectivity index (χ4v) is 4.34. The zero-order valence-electron chi connectivity index (χ0n) is 17.9. The van der Waals surface area contributed by atoms with Crippen LogP contribution in [0.1, 0.15) is 29.8 Å². The number of hydrogen-bond acceptors (Lipinski definition) is 6. The summed E-state index contributed by atoms with van der Waals surface area (Å²) in [6, 6.07) is 8.07. The summed E-state index contributed by atoms with van der Waals surface area (Å²) in [4.78, 5) is 24.8. The van der Waals surface area contributed by atoms with Crippen molar-refractivity contribution in [3.05, 3.63) is 52.5 Å². The maximum absolute atomic E-state index is 12.9. The highest BCUT2D eigenvalue weighted by atomic mass is 35.5. The molecule has 0 aliphatic carbocycles. The standard InChI is InChI=1S/C21H25ClN2O6S/c1-6-30-21(26)15-7-9-17(13(2)11-15)23-20(25)14(3)24(31(5,27)28)18-12-16(22)8-10-19(18)29-4/h7-12,14H,6H2,1-5H3,(H,23,25).